The highest BCUT2D eigenvalue weighted by atomic mass is 16.5. The molecule has 2 aromatic carbocycles. The molecule has 7 nitrogen and oxygen atoms in total. The number of rotatable bonds is 6. The molecule has 0 aliphatic rings. The third kappa shape index (κ3) is 3.78. The van der Waals surface area contributed by atoms with E-state index in [1.807, 2.05) is 6.92 Å². The van der Waals surface area contributed by atoms with Crippen LogP contribution in [0.25, 0.3) is 11.0 Å². The minimum absolute atomic E-state index is 0.0512. The van der Waals surface area contributed by atoms with Crippen molar-refractivity contribution in [1.29, 1.82) is 0 Å². The van der Waals surface area contributed by atoms with Crippen LogP contribution in [0.3, 0.4) is 0 Å². The Balaban J connectivity index is 1.91. The van der Waals surface area contributed by atoms with E-state index in [1.54, 1.807) is 24.3 Å². The molecule has 0 unspecified atom stereocenters. The summed E-state index contributed by atoms with van der Waals surface area (Å²) < 4.78 is 20.9. The van der Waals surface area contributed by atoms with Gasteiger partial charge in [-0.2, -0.15) is 0 Å². The van der Waals surface area contributed by atoms with Gasteiger partial charge in [0.2, 0.25) is 0 Å². The van der Waals surface area contributed by atoms with Crippen molar-refractivity contribution in [3.63, 3.8) is 0 Å². The lowest BCUT2D eigenvalue weighted by Crippen LogP contribution is -2.09. The summed E-state index contributed by atoms with van der Waals surface area (Å²) in [7, 11) is 2.96. The Labute approximate surface area is 161 Å². The average Bonchev–Trinajstić information content (AvgIpc) is 2.70. The van der Waals surface area contributed by atoms with E-state index in [2.05, 4.69) is 0 Å². The number of hydrogen-bond donors (Lipinski definition) is 1. The average molecular weight is 384 g/mol. The molecular weight excluding hydrogens is 364 g/mol. The highest BCUT2D eigenvalue weighted by molar-refractivity contribution is 5.93. The summed E-state index contributed by atoms with van der Waals surface area (Å²) in [5.74, 6) is 0.317. The Kier molecular flexibility index (Phi) is 5.54. The summed E-state index contributed by atoms with van der Waals surface area (Å²) in [6.45, 7) is 1.76. The predicted octanol–water partition coefficient (Wildman–Crippen LogP) is 3.44. The Morgan fingerprint density at radius 3 is 2.54 bits per heavy atom. The Bertz CT molecular complexity index is 1080. The molecule has 0 saturated carbocycles. The lowest BCUT2D eigenvalue weighted by Gasteiger charge is -2.12. The number of hydrogen-bond acceptors (Lipinski definition) is 7. The number of methoxy groups -OCH3 is 2. The number of aromatic hydroxyl groups is 1. The van der Waals surface area contributed by atoms with E-state index in [4.69, 9.17) is 18.6 Å². The zero-order chi connectivity index (χ0) is 20.3. The number of carbonyl (C=O) groups excluding carboxylic acids is 1. The van der Waals surface area contributed by atoms with Crippen LogP contribution in [-0.4, -0.2) is 25.3 Å². The summed E-state index contributed by atoms with van der Waals surface area (Å²) >= 11 is 0. The molecule has 3 aromatic rings. The van der Waals surface area contributed by atoms with Gasteiger partial charge in [-0.1, -0.05) is 6.92 Å². The number of ether oxygens (including phenoxy) is 3. The van der Waals surface area contributed by atoms with Gasteiger partial charge in [0.1, 0.15) is 35.0 Å². The van der Waals surface area contributed by atoms with Crippen molar-refractivity contribution < 1.29 is 28.5 Å². The molecule has 0 bridgehead atoms. The zero-order valence-corrected chi connectivity index (χ0v) is 15.8. The van der Waals surface area contributed by atoms with Gasteiger partial charge in [0.05, 0.1) is 14.2 Å². The first-order chi connectivity index (χ1) is 13.5. The van der Waals surface area contributed by atoms with Crippen molar-refractivity contribution in [2.75, 3.05) is 14.2 Å². The standard InChI is InChI=1S/C21H20O7/c1-4-12-7-16-13(8-20(23)28-19(16)10-17(12)22)11-27-21(24)15-6-5-14(25-2)9-18(15)26-3/h5-10,22H,4,11H2,1-3H3. The fourth-order valence-corrected chi connectivity index (χ4v) is 2.90. The van der Waals surface area contributed by atoms with Gasteiger partial charge in [-0.15, -0.1) is 0 Å². The van der Waals surface area contributed by atoms with Crippen molar-refractivity contribution in [2.45, 2.75) is 20.0 Å². The van der Waals surface area contributed by atoms with Crippen LogP contribution in [0.2, 0.25) is 0 Å². The lowest BCUT2D eigenvalue weighted by atomic mass is 10.0. The van der Waals surface area contributed by atoms with Crippen LogP contribution in [0, 0.1) is 0 Å². The van der Waals surface area contributed by atoms with Crippen LogP contribution in [-0.2, 0) is 17.8 Å². The van der Waals surface area contributed by atoms with E-state index >= 15 is 0 Å². The second-order valence-electron chi connectivity index (χ2n) is 6.06. The number of aryl methyl sites for hydroxylation is 1. The second kappa shape index (κ2) is 8.04. The minimum atomic E-state index is -0.601. The predicted molar refractivity (Wildman–Crippen MR) is 102 cm³/mol. The molecule has 0 amide bonds. The number of phenols is 1. The quantitative estimate of drug-likeness (QED) is 0.514. The van der Waals surface area contributed by atoms with Gasteiger partial charge in [0, 0.05) is 29.1 Å². The second-order valence-corrected chi connectivity index (χ2v) is 6.06. The van der Waals surface area contributed by atoms with Crippen molar-refractivity contribution in [3.05, 3.63) is 63.5 Å². The summed E-state index contributed by atoms with van der Waals surface area (Å²) in [5.41, 5.74) is 1.06. The molecular formula is C21H20O7. The molecule has 0 spiro atoms. The molecule has 146 valence electrons. The van der Waals surface area contributed by atoms with Crippen LogP contribution in [0.5, 0.6) is 17.2 Å². The molecule has 7 heteroatoms. The van der Waals surface area contributed by atoms with E-state index in [0.29, 0.717) is 34.4 Å². The van der Waals surface area contributed by atoms with Gasteiger partial charge in [0.25, 0.3) is 0 Å². The third-order valence-electron chi connectivity index (χ3n) is 4.40. The lowest BCUT2D eigenvalue weighted by molar-refractivity contribution is 0.0470. The van der Waals surface area contributed by atoms with Crippen LogP contribution in [0.1, 0.15) is 28.4 Å². The molecule has 0 radical (unpaired) electrons. The van der Waals surface area contributed by atoms with Gasteiger partial charge >= 0.3 is 11.6 Å². The summed E-state index contributed by atoms with van der Waals surface area (Å²) in [5, 5.41) is 10.6. The maximum absolute atomic E-state index is 12.5. The van der Waals surface area contributed by atoms with E-state index in [-0.39, 0.29) is 23.5 Å². The zero-order valence-electron chi connectivity index (χ0n) is 15.8. The van der Waals surface area contributed by atoms with Gasteiger partial charge in [0.15, 0.2) is 0 Å². The van der Waals surface area contributed by atoms with E-state index in [9.17, 15) is 14.7 Å². The highest BCUT2D eigenvalue weighted by Crippen LogP contribution is 2.28. The third-order valence-corrected chi connectivity index (χ3v) is 4.40. The van der Waals surface area contributed by atoms with E-state index in [0.717, 1.165) is 0 Å². The molecule has 0 aliphatic carbocycles. The van der Waals surface area contributed by atoms with Crippen molar-refractivity contribution in [3.8, 4) is 17.2 Å². The van der Waals surface area contributed by atoms with Crippen LogP contribution in [0.15, 0.2) is 45.6 Å². The van der Waals surface area contributed by atoms with Gasteiger partial charge in [-0.05, 0) is 30.2 Å². The largest absolute Gasteiger partial charge is 0.508 e. The fraction of sp³-hybridized carbons (Fsp3) is 0.238. The van der Waals surface area contributed by atoms with Crippen molar-refractivity contribution in [1.82, 2.24) is 0 Å². The highest BCUT2D eigenvalue weighted by Gasteiger charge is 2.17. The molecule has 0 saturated heterocycles. The molecule has 3 rings (SSSR count). The summed E-state index contributed by atoms with van der Waals surface area (Å²) in [4.78, 5) is 24.3. The number of esters is 1. The first kappa shape index (κ1) is 19.3. The van der Waals surface area contributed by atoms with Gasteiger partial charge < -0.3 is 23.7 Å². The Hall–Kier alpha value is -3.48. The topological polar surface area (TPSA) is 95.2 Å². The monoisotopic (exact) mass is 384 g/mol. The molecule has 0 aliphatic heterocycles. The number of benzene rings is 2. The maximum Gasteiger partial charge on any atom is 0.342 e. The van der Waals surface area contributed by atoms with Crippen LogP contribution < -0.4 is 15.1 Å². The molecule has 0 fully saturated rings. The summed E-state index contributed by atoms with van der Waals surface area (Å²) in [6, 6.07) is 9.15. The smallest absolute Gasteiger partial charge is 0.342 e. The normalized spacial score (nSPS) is 10.7. The first-order valence-corrected chi connectivity index (χ1v) is 8.64. The number of carbonyl (C=O) groups is 1. The Morgan fingerprint density at radius 1 is 1.07 bits per heavy atom. The fourth-order valence-electron chi connectivity index (χ4n) is 2.90. The maximum atomic E-state index is 12.5. The first-order valence-electron chi connectivity index (χ1n) is 8.64. The van der Waals surface area contributed by atoms with E-state index < -0.39 is 11.6 Å². The SMILES string of the molecule is CCc1cc2c(COC(=O)c3ccc(OC)cc3OC)cc(=O)oc2cc1O. The number of phenolic OH excluding ortho intramolecular Hbond substituents is 1. The molecule has 1 aromatic heterocycles. The molecule has 0 atom stereocenters. The van der Waals surface area contributed by atoms with E-state index in [1.165, 1.54) is 26.4 Å². The van der Waals surface area contributed by atoms with Crippen molar-refractivity contribution >= 4 is 16.9 Å². The van der Waals surface area contributed by atoms with Crippen molar-refractivity contribution in [2.24, 2.45) is 0 Å². The summed E-state index contributed by atoms with van der Waals surface area (Å²) in [6.07, 6.45) is 0.600. The minimum Gasteiger partial charge on any atom is -0.508 e. The van der Waals surface area contributed by atoms with Crippen LogP contribution >= 0.6 is 0 Å². The van der Waals surface area contributed by atoms with Gasteiger partial charge in [-0.3, -0.25) is 0 Å². The van der Waals surface area contributed by atoms with Gasteiger partial charge in [-0.25, -0.2) is 9.59 Å². The molecule has 1 heterocycles. The molecule has 28 heavy (non-hydrogen) atoms. The molecule has 1 N–H and O–H groups in total. The van der Waals surface area contributed by atoms with Crippen LogP contribution in [0.4, 0.5) is 0 Å². The number of fused-ring (bicyclic) bond motifs is 1. The Morgan fingerprint density at radius 2 is 1.86 bits per heavy atom.